The summed E-state index contributed by atoms with van der Waals surface area (Å²) in [6, 6.07) is 4.79. The summed E-state index contributed by atoms with van der Waals surface area (Å²) < 4.78 is 34.4. The second-order valence-electron chi connectivity index (χ2n) is 6.27. The molecule has 0 radical (unpaired) electrons. The Labute approximate surface area is 161 Å². The molecule has 1 N–H and O–H groups in total. The van der Waals surface area contributed by atoms with Gasteiger partial charge in [-0.3, -0.25) is 9.69 Å². The molecule has 0 aliphatic carbocycles. The fraction of sp³-hybridized carbons (Fsp3) is 0.444. The summed E-state index contributed by atoms with van der Waals surface area (Å²) in [5.74, 6) is 0.149. The van der Waals surface area contributed by atoms with Crippen LogP contribution in [-0.2, 0) is 11.3 Å². The van der Waals surface area contributed by atoms with E-state index in [-0.39, 0.29) is 30.0 Å². The molecular formula is C18H23F2N3O3S. The number of nitrogens with zero attached hydrogens (tertiary/aromatic N) is 2. The Balaban J connectivity index is 2.05. The van der Waals surface area contributed by atoms with Crippen LogP contribution in [0.5, 0.6) is 11.5 Å². The Morgan fingerprint density at radius 3 is 2.70 bits per heavy atom. The summed E-state index contributed by atoms with van der Waals surface area (Å²) in [5, 5.41) is 5.56. The maximum atomic E-state index is 12.4. The van der Waals surface area contributed by atoms with Crippen molar-refractivity contribution in [2.45, 2.75) is 33.0 Å². The number of rotatable bonds is 9. The maximum absolute atomic E-state index is 12.4. The quantitative estimate of drug-likeness (QED) is 0.700. The Hall–Kier alpha value is -2.26. The van der Waals surface area contributed by atoms with E-state index in [2.05, 4.69) is 15.0 Å². The lowest BCUT2D eigenvalue weighted by Crippen LogP contribution is -2.38. The molecule has 2 rings (SSSR count). The van der Waals surface area contributed by atoms with Crippen molar-refractivity contribution in [3.63, 3.8) is 0 Å². The third-order valence-corrected chi connectivity index (χ3v) is 4.33. The van der Waals surface area contributed by atoms with Crippen LogP contribution in [0, 0.1) is 0 Å². The molecule has 0 unspecified atom stereocenters. The molecule has 0 fully saturated rings. The van der Waals surface area contributed by atoms with Crippen LogP contribution in [0.2, 0.25) is 0 Å². The van der Waals surface area contributed by atoms with Crippen LogP contribution >= 0.6 is 11.3 Å². The fourth-order valence-corrected chi connectivity index (χ4v) is 3.32. The third-order valence-electron chi connectivity index (χ3n) is 3.50. The monoisotopic (exact) mass is 399 g/mol. The Kier molecular flexibility index (Phi) is 7.49. The number of benzene rings is 1. The minimum Gasteiger partial charge on any atom is -0.493 e. The zero-order valence-corrected chi connectivity index (χ0v) is 16.5. The molecule has 0 bridgehead atoms. The molecule has 148 valence electrons. The average molecular weight is 399 g/mol. The van der Waals surface area contributed by atoms with E-state index in [9.17, 15) is 13.6 Å². The van der Waals surface area contributed by atoms with Gasteiger partial charge in [0.15, 0.2) is 11.5 Å². The molecule has 0 spiro atoms. The van der Waals surface area contributed by atoms with E-state index < -0.39 is 6.61 Å². The van der Waals surface area contributed by atoms with Crippen LogP contribution in [0.4, 0.5) is 8.78 Å². The highest BCUT2D eigenvalue weighted by molar-refractivity contribution is 7.09. The molecule has 0 saturated heterocycles. The van der Waals surface area contributed by atoms with Crippen molar-refractivity contribution in [1.82, 2.24) is 15.2 Å². The van der Waals surface area contributed by atoms with Gasteiger partial charge < -0.3 is 14.8 Å². The lowest BCUT2D eigenvalue weighted by Gasteiger charge is -2.16. The predicted molar refractivity (Wildman–Crippen MR) is 100 cm³/mol. The van der Waals surface area contributed by atoms with Crippen molar-refractivity contribution in [1.29, 1.82) is 0 Å². The Morgan fingerprint density at radius 2 is 2.07 bits per heavy atom. The molecule has 0 atom stereocenters. The van der Waals surface area contributed by atoms with E-state index in [0.717, 1.165) is 10.6 Å². The van der Waals surface area contributed by atoms with E-state index in [4.69, 9.17) is 4.74 Å². The standard InChI is InChI=1S/C18H23F2N3O3S/c1-11(2)21-16(24)8-23(3)9-17-22-13(10-27-17)12-5-6-14(26-18(19)20)15(7-12)25-4/h5-7,10-11,18H,8-9H2,1-4H3,(H,21,24). The molecule has 1 aromatic heterocycles. The van der Waals surface area contributed by atoms with Crippen LogP contribution < -0.4 is 14.8 Å². The number of amides is 1. The fourth-order valence-electron chi connectivity index (χ4n) is 2.44. The minimum absolute atomic E-state index is 0.0254. The summed E-state index contributed by atoms with van der Waals surface area (Å²) in [7, 11) is 3.24. The van der Waals surface area contributed by atoms with Crippen molar-refractivity contribution in [2.75, 3.05) is 20.7 Å². The smallest absolute Gasteiger partial charge is 0.387 e. The number of thiazole rings is 1. The van der Waals surface area contributed by atoms with Gasteiger partial charge in [-0.2, -0.15) is 8.78 Å². The highest BCUT2D eigenvalue weighted by Gasteiger charge is 2.14. The number of carbonyl (C=O) groups excluding carboxylic acids is 1. The van der Waals surface area contributed by atoms with Gasteiger partial charge in [-0.1, -0.05) is 0 Å². The average Bonchev–Trinajstić information content (AvgIpc) is 3.02. The van der Waals surface area contributed by atoms with E-state index >= 15 is 0 Å². The normalized spacial score (nSPS) is 11.3. The third kappa shape index (κ3) is 6.44. The van der Waals surface area contributed by atoms with E-state index in [0.29, 0.717) is 12.2 Å². The van der Waals surface area contributed by atoms with Gasteiger partial charge in [-0.15, -0.1) is 11.3 Å². The summed E-state index contributed by atoms with van der Waals surface area (Å²) in [6.07, 6.45) is 0. The summed E-state index contributed by atoms with van der Waals surface area (Å²) >= 11 is 1.47. The van der Waals surface area contributed by atoms with Gasteiger partial charge in [0.2, 0.25) is 5.91 Å². The first-order valence-electron chi connectivity index (χ1n) is 8.34. The van der Waals surface area contributed by atoms with Gasteiger partial charge in [-0.25, -0.2) is 4.98 Å². The second-order valence-corrected chi connectivity index (χ2v) is 7.21. The van der Waals surface area contributed by atoms with Crippen LogP contribution in [-0.4, -0.2) is 49.1 Å². The molecule has 1 amide bonds. The SMILES string of the molecule is COc1cc(-c2csc(CN(C)CC(=O)NC(C)C)n2)ccc1OC(F)F. The second kappa shape index (κ2) is 9.61. The van der Waals surface area contributed by atoms with E-state index in [1.54, 1.807) is 12.1 Å². The number of hydrogen-bond acceptors (Lipinski definition) is 6. The van der Waals surface area contributed by atoms with Crippen LogP contribution in [0.25, 0.3) is 11.3 Å². The van der Waals surface area contributed by atoms with Gasteiger partial charge in [0.1, 0.15) is 5.01 Å². The number of alkyl halides is 2. The van der Waals surface area contributed by atoms with Gasteiger partial charge in [0, 0.05) is 17.0 Å². The molecule has 9 heteroatoms. The first-order chi connectivity index (χ1) is 12.8. The number of carbonyl (C=O) groups is 1. The number of likely N-dealkylation sites (N-methyl/N-ethyl adjacent to an activating group) is 1. The van der Waals surface area contributed by atoms with Crippen molar-refractivity contribution in [2.24, 2.45) is 0 Å². The molecule has 27 heavy (non-hydrogen) atoms. The molecule has 2 aromatic rings. The lowest BCUT2D eigenvalue weighted by atomic mass is 10.1. The van der Waals surface area contributed by atoms with Crippen molar-refractivity contribution in [3.05, 3.63) is 28.6 Å². The summed E-state index contributed by atoms with van der Waals surface area (Å²) in [5.41, 5.74) is 1.44. The number of nitrogens with one attached hydrogen (secondary N) is 1. The molecule has 0 aliphatic rings. The van der Waals surface area contributed by atoms with Gasteiger partial charge in [0.05, 0.1) is 25.9 Å². The molecule has 6 nitrogen and oxygen atoms in total. The van der Waals surface area contributed by atoms with Crippen LogP contribution in [0.15, 0.2) is 23.6 Å². The largest absolute Gasteiger partial charge is 0.493 e. The first kappa shape index (κ1) is 21.0. The van der Waals surface area contributed by atoms with Gasteiger partial charge in [-0.05, 0) is 39.1 Å². The van der Waals surface area contributed by atoms with Crippen LogP contribution in [0.1, 0.15) is 18.9 Å². The highest BCUT2D eigenvalue weighted by atomic mass is 32.1. The van der Waals surface area contributed by atoms with Gasteiger partial charge in [0.25, 0.3) is 0 Å². The van der Waals surface area contributed by atoms with Gasteiger partial charge >= 0.3 is 6.61 Å². The highest BCUT2D eigenvalue weighted by Crippen LogP contribution is 2.33. The number of aromatic nitrogens is 1. The zero-order chi connectivity index (χ0) is 20.0. The Morgan fingerprint density at radius 1 is 1.33 bits per heavy atom. The topological polar surface area (TPSA) is 63.7 Å². The number of hydrogen-bond donors (Lipinski definition) is 1. The molecule has 1 heterocycles. The Bertz CT molecular complexity index is 768. The first-order valence-corrected chi connectivity index (χ1v) is 9.22. The summed E-state index contributed by atoms with van der Waals surface area (Å²) in [4.78, 5) is 18.2. The summed E-state index contributed by atoms with van der Waals surface area (Å²) in [6.45, 7) is 1.72. The van der Waals surface area contributed by atoms with Crippen molar-refractivity contribution in [3.8, 4) is 22.8 Å². The molecular weight excluding hydrogens is 376 g/mol. The molecule has 0 aliphatic heterocycles. The van der Waals surface area contributed by atoms with E-state index in [1.165, 1.54) is 24.5 Å². The van der Waals surface area contributed by atoms with Crippen LogP contribution in [0.3, 0.4) is 0 Å². The minimum atomic E-state index is -2.92. The number of methoxy groups -OCH3 is 1. The maximum Gasteiger partial charge on any atom is 0.387 e. The number of halogens is 2. The number of ether oxygens (including phenoxy) is 2. The molecule has 1 aromatic carbocycles. The predicted octanol–water partition coefficient (Wildman–Crippen LogP) is 3.38. The molecule has 0 saturated carbocycles. The van der Waals surface area contributed by atoms with Crippen molar-refractivity contribution < 1.29 is 23.0 Å². The van der Waals surface area contributed by atoms with E-state index in [1.807, 2.05) is 31.2 Å². The van der Waals surface area contributed by atoms with Crippen molar-refractivity contribution >= 4 is 17.2 Å². The zero-order valence-electron chi connectivity index (χ0n) is 15.7. The lowest BCUT2D eigenvalue weighted by molar-refractivity contribution is -0.122.